The van der Waals surface area contributed by atoms with Gasteiger partial charge in [0.1, 0.15) is 17.0 Å². The number of anilines is 3. The number of methoxy groups -OCH3 is 1. The molecule has 2 fully saturated rings. The van der Waals surface area contributed by atoms with Crippen molar-refractivity contribution in [2.75, 3.05) is 63.6 Å². The predicted octanol–water partition coefficient (Wildman–Crippen LogP) is 3.78. The fourth-order valence-electron chi connectivity index (χ4n) is 6.02. The number of nitrogens with one attached hydrogen (secondary N) is 1. The molecule has 2 aliphatic heterocycles. The van der Waals surface area contributed by atoms with E-state index in [4.69, 9.17) is 14.7 Å². The van der Waals surface area contributed by atoms with Crippen molar-refractivity contribution in [2.45, 2.75) is 19.4 Å². The Hall–Kier alpha value is -4.77. The number of carbonyl (C=O) groups excluding carboxylic acids is 1. The first-order valence-corrected chi connectivity index (χ1v) is 15.1. The number of benzene rings is 2. The largest absolute Gasteiger partial charge is 0.494 e. The van der Waals surface area contributed by atoms with Crippen molar-refractivity contribution in [3.05, 3.63) is 77.7 Å². The first kappa shape index (κ1) is 29.3. The predicted molar refractivity (Wildman–Crippen MR) is 173 cm³/mol. The molecule has 4 heterocycles. The molecule has 4 aromatic rings. The summed E-state index contributed by atoms with van der Waals surface area (Å²) in [4.78, 5) is 46.9. The summed E-state index contributed by atoms with van der Waals surface area (Å²) in [6.45, 7) is 9.21. The molecule has 11 heteroatoms. The molecule has 0 aliphatic carbocycles. The van der Waals surface area contributed by atoms with Crippen LogP contribution in [0.4, 0.5) is 17.3 Å². The van der Waals surface area contributed by atoms with Crippen molar-refractivity contribution in [1.29, 1.82) is 0 Å². The molecule has 0 spiro atoms. The number of piperidine rings is 1. The highest BCUT2D eigenvalue weighted by molar-refractivity contribution is 5.87. The van der Waals surface area contributed by atoms with Crippen LogP contribution in [0.5, 0.6) is 5.75 Å². The van der Waals surface area contributed by atoms with Gasteiger partial charge in [0.15, 0.2) is 5.65 Å². The van der Waals surface area contributed by atoms with Crippen LogP contribution in [0.3, 0.4) is 0 Å². The van der Waals surface area contributed by atoms with Gasteiger partial charge in [0.25, 0.3) is 5.56 Å². The van der Waals surface area contributed by atoms with E-state index in [2.05, 4.69) is 39.8 Å². The van der Waals surface area contributed by atoms with Crippen molar-refractivity contribution in [3.63, 3.8) is 0 Å². The van der Waals surface area contributed by atoms with E-state index in [0.717, 1.165) is 56.0 Å². The third-order valence-electron chi connectivity index (χ3n) is 8.48. The fourth-order valence-corrected chi connectivity index (χ4v) is 6.02. The second-order valence-electron chi connectivity index (χ2n) is 11.4. The zero-order valence-corrected chi connectivity index (χ0v) is 25.3. The lowest BCUT2D eigenvalue weighted by Crippen LogP contribution is -2.44. The molecule has 11 nitrogen and oxygen atoms in total. The molecule has 2 saturated heterocycles. The van der Waals surface area contributed by atoms with Gasteiger partial charge in [0, 0.05) is 63.1 Å². The lowest BCUT2D eigenvalue weighted by Gasteiger charge is -2.34. The number of nitrogens with zero attached hydrogens (tertiary/aromatic N) is 7. The highest BCUT2D eigenvalue weighted by Crippen LogP contribution is 2.32. The zero-order chi connectivity index (χ0) is 30.6. The average molecular weight is 595 g/mol. The molecule has 1 amide bonds. The molecular formula is C33H38N8O3. The van der Waals surface area contributed by atoms with Crippen LogP contribution in [-0.4, -0.2) is 88.7 Å². The van der Waals surface area contributed by atoms with E-state index in [1.165, 1.54) is 6.08 Å². The molecule has 0 bridgehead atoms. The number of likely N-dealkylation sites (N-methyl/N-ethyl adjacent to an activating group) is 1. The smallest absolute Gasteiger partial charge is 0.278 e. The van der Waals surface area contributed by atoms with E-state index in [0.29, 0.717) is 48.2 Å². The van der Waals surface area contributed by atoms with Crippen molar-refractivity contribution in [1.82, 2.24) is 29.3 Å². The number of ether oxygens (including phenoxy) is 1. The van der Waals surface area contributed by atoms with Crippen LogP contribution in [0.2, 0.25) is 0 Å². The Morgan fingerprint density at radius 2 is 1.89 bits per heavy atom. The molecular weight excluding hydrogens is 556 g/mol. The number of hydrogen-bond donors (Lipinski definition) is 1. The van der Waals surface area contributed by atoms with E-state index in [1.807, 2.05) is 42.5 Å². The van der Waals surface area contributed by atoms with E-state index < -0.39 is 0 Å². The standard InChI is InChI=1S/C33H38N8O3/c1-4-29(42)40-14-8-9-23(21-40)22-41-31-27(35-30(32(41)43)24-10-6-5-7-11-24)20-34-33(37-31)36-26-13-12-25(19-28(26)44-3)39-17-15-38(2)16-18-39/h4-7,10-13,19-20,23H,1,8-9,14-18,21-22H2,2-3H3,(H,34,36,37)/t23-/m0/s1. The number of hydrogen-bond acceptors (Lipinski definition) is 9. The van der Waals surface area contributed by atoms with Crippen LogP contribution in [0, 0.1) is 5.92 Å². The molecule has 2 aliphatic rings. The van der Waals surface area contributed by atoms with Crippen LogP contribution in [0.15, 0.2) is 72.2 Å². The Morgan fingerprint density at radius 1 is 1.09 bits per heavy atom. The Morgan fingerprint density at radius 3 is 2.64 bits per heavy atom. The molecule has 228 valence electrons. The summed E-state index contributed by atoms with van der Waals surface area (Å²) in [6.07, 6.45) is 4.75. The van der Waals surface area contributed by atoms with E-state index >= 15 is 0 Å². The number of rotatable bonds is 8. The average Bonchev–Trinajstić information content (AvgIpc) is 3.06. The van der Waals surface area contributed by atoms with Crippen LogP contribution in [-0.2, 0) is 11.3 Å². The third kappa shape index (κ3) is 6.14. The normalized spacial score (nSPS) is 17.5. The molecule has 2 aromatic heterocycles. The van der Waals surface area contributed by atoms with Gasteiger partial charge in [-0.3, -0.25) is 14.2 Å². The Balaban J connectivity index is 1.35. The van der Waals surface area contributed by atoms with E-state index in [9.17, 15) is 9.59 Å². The van der Waals surface area contributed by atoms with Crippen molar-refractivity contribution in [3.8, 4) is 17.0 Å². The molecule has 6 rings (SSSR count). The van der Waals surface area contributed by atoms with Gasteiger partial charge in [-0.2, -0.15) is 4.98 Å². The van der Waals surface area contributed by atoms with Crippen molar-refractivity contribution in [2.24, 2.45) is 5.92 Å². The van der Waals surface area contributed by atoms with Gasteiger partial charge < -0.3 is 24.8 Å². The Labute approximate surface area is 256 Å². The monoisotopic (exact) mass is 594 g/mol. The zero-order valence-electron chi connectivity index (χ0n) is 25.3. The van der Waals surface area contributed by atoms with Gasteiger partial charge in [0.05, 0.1) is 19.0 Å². The molecule has 0 saturated carbocycles. The van der Waals surface area contributed by atoms with Gasteiger partial charge in [-0.25, -0.2) is 9.97 Å². The maximum absolute atomic E-state index is 14.0. The molecule has 1 N–H and O–H groups in total. The topological polar surface area (TPSA) is 109 Å². The van der Waals surface area contributed by atoms with Crippen LogP contribution < -0.4 is 20.5 Å². The van der Waals surface area contributed by atoms with Gasteiger partial charge in [0.2, 0.25) is 11.9 Å². The molecule has 0 radical (unpaired) electrons. The van der Waals surface area contributed by atoms with Crippen LogP contribution >= 0.6 is 0 Å². The first-order valence-electron chi connectivity index (χ1n) is 15.1. The van der Waals surface area contributed by atoms with E-state index in [-0.39, 0.29) is 17.4 Å². The summed E-state index contributed by atoms with van der Waals surface area (Å²) in [5, 5.41) is 3.30. The second kappa shape index (κ2) is 12.8. The number of carbonyl (C=O) groups is 1. The summed E-state index contributed by atoms with van der Waals surface area (Å²) in [6, 6.07) is 15.5. The molecule has 0 unspecified atom stereocenters. The number of likely N-dealkylation sites (tertiary alicyclic amines) is 1. The highest BCUT2D eigenvalue weighted by Gasteiger charge is 2.25. The Bertz CT molecular complexity index is 1720. The minimum absolute atomic E-state index is 0.0770. The minimum atomic E-state index is -0.227. The number of aromatic nitrogens is 4. The van der Waals surface area contributed by atoms with Gasteiger partial charge in [-0.05, 0) is 44.0 Å². The number of piperazine rings is 1. The summed E-state index contributed by atoms with van der Waals surface area (Å²) in [5.41, 5.74) is 3.62. The molecule has 1 atom stereocenters. The second-order valence-corrected chi connectivity index (χ2v) is 11.4. The Kier molecular flexibility index (Phi) is 8.56. The lowest BCUT2D eigenvalue weighted by molar-refractivity contribution is -0.127. The van der Waals surface area contributed by atoms with Crippen molar-refractivity contribution >= 4 is 34.4 Å². The van der Waals surface area contributed by atoms with Crippen LogP contribution in [0.1, 0.15) is 12.8 Å². The van der Waals surface area contributed by atoms with E-state index in [1.54, 1.807) is 22.8 Å². The summed E-state index contributed by atoms with van der Waals surface area (Å²) < 4.78 is 7.43. The maximum atomic E-state index is 14.0. The fraction of sp³-hybridized carbons (Fsp3) is 0.364. The summed E-state index contributed by atoms with van der Waals surface area (Å²) in [7, 11) is 3.78. The third-order valence-corrected chi connectivity index (χ3v) is 8.48. The summed E-state index contributed by atoms with van der Waals surface area (Å²) in [5.74, 6) is 0.994. The van der Waals surface area contributed by atoms with Gasteiger partial charge in [-0.1, -0.05) is 36.9 Å². The van der Waals surface area contributed by atoms with Crippen LogP contribution in [0.25, 0.3) is 22.4 Å². The number of amides is 1. The minimum Gasteiger partial charge on any atom is -0.494 e. The summed E-state index contributed by atoms with van der Waals surface area (Å²) >= 11 is 0. The SMILES string of the molecule is C=CC(=O)N1CCC[C@H](Cn2c(=O)c(-c3ccccc3)nc3cnc(Nc4ccc(N5CCN(C)CC5)cc4OC)nc32)C1. The number of fused-ring (bicyclic) bond motifs is 1. The van der Waals surface area contributed by atoms with Gasteiger partial charge in [-0.15, -0.1) is 0 Å². The lowest BCUT2D eigenvalue weighted by atomic mass is 9.97. The maximum Gasteiger partial charge on any atom is 0.278 e. The first-order chi connectivity index (χ1) is 21.4. The highest BCUT2D eigenvalue weighted by atomic mass is 16.5. The van der Waals surface area contributed by atoms with Gasteiger partial charge >= 0.3 is 0 Å². The quantitative estimate of drug-likeness (QED) is 0.305. The van der Waals surface area contributed by atoms with Crippen molar-refractivity contribution < 1.29 is 9.53 Å². The molecule has 44 heavy (non-hydrogen) atoms. The molecule has 2 aromatic carbocycles.